The number of hydrogen-bond donors (Lipinski definition) is 2. The molecule has 0 unspecified atom stereocenters. The lowest BCUT2D eigenvalue weighted by molar-refractivity contribution is -0.163. The van der Waals surface area contributed by atoms with E-state index in [0.717, 1.165) is 16.9 Å². The molecule has 2 aromatic rings. The Labute approximate surface area is 185 Å². The van der Waals surface area contributed by atoms with E-state index in [4.69, 9.17) is 39.5 Å². The van der Waals surface area contributed by atoms with Gasteiger partial charge < -0.3 is 14.2 Å². The van der Waals surface area contributed by atoms with Crippen molar-refractivity contribution in [3.05, 3.63) is 59.7 Å². The zero-order chi connectivity index (χ0) is 22.2. The van der Waals surface area contributed by atoms with Gasteiger partial charge in [-0.1, -0.05) is 38.1 Å². The van der Waals surface area contributed by atoms with E-state index in [1.807, 2.05) is 50.2 Å². The second-order valence-corrected chi connectivity index (χ2v) is 8.69. The molecular formula is C23H32O4S2. The summed E-state index contributed by atoms with van der Waals surface area (Å²) >= 11 is 9.46. The summed E-state index contributed by atoms with van der Waals surface area (Å²) in [5.74, 6) is 0.935. The Bertz CT molecular complexity index is 766. The second-order valence-electron chi connectivity index (χ2n) is 6.99. The number of benzene rings is 2. The molecule has 0 aliphatic rings. The van der Waals surface area contributed by atoms with Crippen molar-refractivity contribution >= 4 is 31.2 Å². The highest BCUT2D eigenvalue weighted by molar-refractivity contribution is 8.00. The second kappa shape index (κ2) is 10.8. The van der Waals surface area contributed by atoms with Crippen molar-refractivity contribution in [2.45, 2.75) is 57.3 Å². The highest BCUT2D eigenvalue weighted by atomic mass is 32.2. The molecule has 6 heteroatoms. The van der Waals surface area contributed by atoms with Crippen LogP contribution in [0, 0.1) is 0 Å². The Balaban J connectivity index is 0.00000204. The molecule has 0 amide bonds. The Kier molecular flexibility index (Phi) is 9.43. The minimum atomic E-state index is -1.08. The highest BCUT2D eigenvalue weighted by Gasteiger charge is 2.33. The van der Waals surface area contributed by atoms with Gasteiger partial charge in [-0.3, -0.25) is 0 Å². The smallest absolute Gasteiger partial charge is 0.350 e. The average molecular weight is 437 g/mol. The van der Waals surface area contributed by atoms with Gasteiger partial charge in [-0.2, -0.15) is 25.3 Å². The first-order valence-corrected chi connectivity index (χ1v) is 10.6. The van der Waals surface area contributed by atoms with E-state index >= 15 is 0 Å². The monoisotopic (exact) mass is 436 g/mol. The average Bonchev–Trinajstić information content (AvgIpc) is 2.69. The van der Waals surface area contributed by atoms with Gasteiger partial charge in [-0.05, 0) is 63.1 Å². The van der Waals surface area contributed by atoms with E-state index in [9.17, 15) is 4.79 Å². The van der Waals surface area contributed by atoms with Gasteiger partial charge in [-0.25, -0.2) is 4.79 Å². The van der Waals surface area contributed by atoms with Crippen molar-refractivity contribution in [1.29, 1.82) is 0 Å². The summed E-state index contributed by atoms with van der Waals surface area (Å²) in [7, 11) is 1.63. The molecular weight excluding hydrogens is 404 g/mol. The molecule has 0 saturated heterocycles. The Morgan fingerprint density at radius 2 is 1.28 bits per heavy atom. The number of methoxy groups -OCH3 is 1. The molecule has 0 fully saturated rings. The first-order chi connectivity index (χ1) is 13.6. The zero-order valence-corrected chi connectivity index (χ0v) is 20.0. The van der Waals surface area contributed by atoms with E-state index in [-0.39, 0.29) is 6.10 Å². The molecule has 0 saturated carbocycles. The van der Waals surface area contributed by atoms with Gasteiger partial charge in [0.05, 0.1) is 13.2 Å². The number of carbonyl (C=O) groups excluding carboxylic acids is 1. The quantitative estimate of drug-likeness (QED) is 0.323. The predicted molar refractivity (Wildman–Crippen MR) is 125 cm³/mol. The van der Waals surface area contributed by atoms with Crippen molar-refractivity contribution in [2.75, 3.05) is 7.11 Å². The topological polar surface area (TPSA) is 44.8 Å². The van der Waals surface area contributed by atoms with E-state index in [1.54, 1.807) is 46.9 Å². The van der Waals surface area contributed by atoms with Crippen LogP contribution in [0.5, 0.6) is 11.5 Å². The summed E-state index contributed by atoms with van der Waals surface area (Å²) in [6.45, 7) is 11.0. The van der Waals surface area contributed by atoms with E-state index in [1.165, 1.54) is 0 Å². The number of thiol groups is 2. The molecule has 4 nitrogen and oxygen atoms in total. The van der Waals surface area contributed by atoms with E-state index in [2.05, 4.69) is 0 Å². The van der Waals surface area contributed by atoms with Crippen molar-refractivity contribution in [2.24, 2.45) is 0 Å². The first-order valence-electron chi connectivity index (χ1n) is 9.66. The predicted octanol–water partition coefficient (Wildman–Crippen LogP) is 5.89. The summed E-state index contributed by atoms with van der Waals surface area (Å²) in [4.78, 5) is 12.2. The van der Waals surface area contributed by atoms with Gasteiger partial charge in [-0.15, -0.1) is 0 Å². The molecule has 0 spiro atoms. The van der Waals surface area contributed by atoms with Gasteiger partial charge in [0.25, 0.3) is 0 Å². The molecule has 2 aromatic carbocycles. The number of ether oxygens (including phenoxy) is 3. The van der Waals surface area contributed by atoms with Gasteiger partial charge >= 0.3 is 5.97 Å². The van der Waals surface area contributed by atoms with E-state index in [0.29, 0.717) is 5.75 Å². The van der Waals surface area contributed by atoms with Crippen LogP contribution in [0.1, 0.15) is 52.7 Å². The number of rotatable bonds is 7. The third-order valence-corrected chi connectivity index (χ3v) is 4.99. The normalized spacial score (nSPS) is 11.4. The fraction of sp³-hybridized carbons (Fsp3) is 0.435. The lowest BCUT2D eigenvalue weighted by Crippen LogP contribution is -2.40. The molecule has 0 aromatic heterocycles. The Hall–Kier alpha value is -1.79. The summed E-state index contributed by atoms with van der Waals surface area (Å²) < 4.78 is 15.5. The molecule has 0 aliphatic carbocycles. The van der Waals surface area contributed by atoms with Crippen LogP contribution in [0.3, 0.4) is 0 Å². The van der Waals surface area contributed by atoms with Crippen LogP contribution >= 0.6 is 25.3 Å². The molecule has 29 heavy (non-hydrogen) atoms. The number of esters is 1. The van der Waals surface area contributed by atoms with Crippen LogP contribution < -0.4 is 9.47 Å². The highest BCUT2D eigenvalue weighted by Crippen LogP contribution is 2.41. The lowest BCUT2D eigenvalue weighted by atomic mass is 10.0. The van der Waals surface area contributed by atoms with Crippen molar-refractivity contribution in [1.82, 2.24) is 0 Å². The van der Waals surface area contributed by atoms with E-state index < -0.39 is 15.6 Å². The van der Waals surface area contributed by atoms with Gasteiger partial charge in [0.15, 0.2) is 5.60 Å². The van der Waals surface area contributed by atoms with Gasteiger partial charge in [0.1, 0.15) is 15.6 Å². The molecule has 160 valence electrons. The third kappa shape index (κ3) is 6.89. The minimum absolute atomic E-state index is 0.193. The Morgan fingerprint density at radius 1 is 0.862 bits per heavy atom. The van der Waals surface area contributed by atoms with Gasteiger partial charge in [0.2, 0.25) is 0 Å². The minimum Gasteiger partial charge on any atom is -0.497 e. The molecule has 0 bridgehead atoms. The standard InChI is InChI=1S/C21H26O4S2.C2H6/c1-14(2)24-19(22)20(3,4)25-18-12-8-16(9-13-18)21(26,27)15-6-10-17(23-5)11-7-15;1-2/h6-14,26-27H,1-5H3;1-2H3. The maximum Gasteiger partial charge on any atom is 0.350 e. The van der Waals surface area contributed by atoms with Crippen molar-refractivity contribution in [3.8, 4) is 11.5 Å². The third-order valence-electron chi connectivity index (χ3n) is 3.96. The molecule has 2 rings (SSSR count). The first kappa shape index (κ1) is 25.2. The molecule has 0 aliphatic heterocycles. The SMILES string of the molecule is CC.COc1ccc(C(S)(S)c2ccc(OC(C)(C)C(=O)OC(C)C)cc2)cc1. The number of carbonyl (C=O) groups is 1. The lowest BCUT2D eigenvalue weighted by Gasteiger charge is -2.27. The zero-order valence-electron chi connectivity index (χ0n) is 18.2. The van der Waals surface area contributed by atoms with Crippen molar-refractivity contribution in [3.63, 3.8) is 0 Å². The van der Waals surface area contributed by atoms with Crippen LogP contribution in [-0.4, -0.2) is 24.8 Å². The number of hydrogen-bond acceptors (Lipinski definition) is 6. The molecule has 0 atom stereocenters. The van der Waals surface area contributed by atoms with Crippen LogP contribution in [-0.2, 0) is 13.6 Å². The maximum atomic E-state index is 12.2. The summed E-state index contributed by atoms with van der Waals surface area (Å²) in [6, 6.07) is 14.9. The summed E-state index contributed by atoms with van der Waals surface area (Å²) in [5, 5.41) is 0. The molecule has 0 N–H and O–H groups in total. The fourth-order valence-corrected chi connectivity index (χ4v) is 3.03. The van der Waals surface area contributed by atoms with Crippen LogP contribution in [0.25, 0.3) is 0 Å². The summed E-state index contributed by atoms with van der Waals surface area (Å²) in [5.41, 5.74) is 0.722. The van der Waals surface area contributed by atoms with Crippen LogP contribution in [0.2, 0.25) is 0 Å². The molecule has 0 heterocycles. The fourth-order valence-electron chi connectivity index (χ4n) is 2.44. The Morgan fingerprint density at radius 3 is 1.66 bits per heavy atom. The molecule has 0 radical (unpaired) electrons. The maximum absolute atomic E-state index is 12.2. The summed E-state index contributed by atoms with van der Waals surface area (Å²) in [6.07, 6.45) is -0.193. The van der Waals surface area contributed by atoms with Crippen molar-refractivity contribution < 1.29 is 19.0 Å². The largest absolute Gasteiger partial charge is 0.497 e. The van der Waals surface area contributed by atoms with Crippen LogP contribution in [0.15, 0.2) is 48.5 Å². The van der Waals surface area contributed by atoms with Gasteiger partial charge in [0, 0.05) is 0 Å². The van der Waals surface area contributed by atoms with Crippen LogP contribution in [0.4, 0.5) is 0 Å².